The summed E-state index contributed by atoms with van der Waals surface area (Å²) in [6.45, 7) is 7.22. The number of hydrogen-bond donors (Lipinski definition) is 3. The Balaban J connectivity index is 1.84. The summed E-state index contributed by atoms with van der Waals surface area (Å²) in [5, 5.41) is 21.7. The first kappa shape index (κ1) is 19.3. The van der Waals surface area contributed by atoms with Gasteiger partial charge < -0.3 is 16.0 Å². The third-order valence-electron chi connectivity index (χ3n) is 4.19. The van der Waals surface area contributed by atoms with Crippen molar-refractivity contribution in [3.63, 3.8) is 0 Å². The Morgan fingerprint density at radius 3 is 2.50 bits per heavy atom. The number of fused-ring (bicyclic) bond motifs is 1. The van der Waals surface area contributed by atoms with Gasteiger partial charge in [0, 0.05) is 36.3 Å². The summed E-state index contributed by atoms with van der Waals surface area (Å²) in [6, 6.07) is 11.7. The number of nitro groups is 1. The molecular weight excluding hydrogens is 356 g/mol. The van der Waals surface area contributed by atoms with Crippen LogP contribution < -0.4 is 16.0 Å². The quantitative estimate of drug-likeness (QED) is 0.393. The van der Waals surface area contributed by atoms with Gasteiger partial charge in [0.15, 0.2) is 0 Å². The molecule has 2 aromatic carbocycles. The second-order valence-corrected chi connectivity index (χ2v) is 6.75. The van der Waals surface area contributed by atoms with Crippen molar-refractivity contribution < 1.29 is 4.92 Å². The van der Waals surface area contributed by atoms with Gasteiger partial charge in [-0.05, 0) is 44.5 Å². The van der Waals surface area contributed by atoms with Crippen molar-refractivity contribution in [3.8, 4) is 0 Å². The molecule has 0 atom stereocenters. The maximum absolute atomic E-state index is 11.4. The number of hydrogen-bond acceptors (Lipinski definition) is 7. The van der Waals surface area contributed by atoms with E-state index in [-0.39, 0.29) is 5.69 Å². The standard InChI is InChI=1S/C20H24N6O2/c1-4-21-18-10-17-16(9-19(18)26(27)28)20(24-12-23-17)22-11-14-5-7-15(8-6-14)25-13(2)3/h5-10,12-13,21,25H,4,11H2,1-3H3,(H,22,23,24). The van der Waals surface area contributed by atoms with Gasteiger partial charge in [0.2, 0.25) is 0 Å². The number of rotatable bonds is 8. The van der Waals surface area contributed by atoms with Gasteiger partial charge in [-0.25, -0.2) is 9.97 Å². The molecule has 0 aliphatic carbocycles. The van der Waals surface area contributed by atoms with Crippen LogP contribution in [0.15, 0.2) is 42.7 Å². The van der Waals surface area contributed by atoms with Crippen molar-refractivity contribution in [1.29, 1.82) is 0 Å². The van der Waals surface area contributed by atoms with Crippen LogP contribution in [0, 0.1) is 10.1 Å². The SMILES string of the molecule is CCNc1cc2ncnc(NCc3ccc(NC(C)C)cc3)c2cc1[N+](=O)[O-]. The van der Waals surface area contributed by atoms with Crippen LogP contribution in [0.2, 0.25) is 0 Å². The zero-order valence-electron chi connectivity index (χ0n) is 16.2. The van der Waals surface area contributed by atoms with Crippen molar-refractivity contribution in [2.24, 2.45) is 0 Å². The molecule has 3 N–H and O–H groups in total. The van der Waals surface area contributed by atoms with Crippen LogP contribution in [0.5, 0.6) is 0 Å². The highest BCUT2D eigenvalue weighted by atomic mass is 16.6. The van der Waals surface area contributed by atoms with Crippen LogP contribution in [0.4, 0.5) is 22.9 Å². The lowest BCUT2D eigenvalue weighted by molar-refractivity contribution is -0.383. The molecule has 28 heavy (non-hydrogen) atoms. The molecular formula is C20H24N6O2. The Morgan fingerprint density at radius 1 is 1.11 bits per heavy atom. The lowest BCUT2D eigenvalue weighted by Gasteiger charge is -2.12. The van der Waals surface area contributed by atoms with Gasteiger partial charge in [-0.3, -0.25) is 10.1 Å². The molecule has 1 heterocycles. The molecule has 1 aromatic heterocycles. The molecule has 0 spiro atoms. The van der Waals surface area contributed by atoms with Crippen molar-refractivity contribution in [3.05, 3.63) is 58.4 Å². The summed E-state index contributed by atoms with van der Waals surface area (Å²) < 4.78 is 0. The third kappa shape index (κ3) is 4.46. The van der Waals surface area contributed by atoms with Crippen molar-refractivity contribution in [1.82, 2.24) is 9.97 Å². The molecule has 0 bridgehead atoms. The molecule has 0 unspecified atom stereocenters. The lowest BCUT2D eigenvalue weighted by Crippen LogP contribution is -2.09. The van der Waals surface area contributed by atoms with Crippen LogP contribution in [-0.2, 0) is 6.54 Å². The first-order valence-corrected chi connectivity index (χ1v) is 9.24. The maximum atomic E-state index is 11.4. The molecule has 0 aliphatic heterocycles. The predicted octanol–water partition coefficient (Wildman–Crippen LogP) is 4.40. The van der Waals surface area contributed by atoms with Crippen molar-refractivity contribution >= 4 is 33.8 Å². The Bertz CT molecular complexity index is 972. The summed E-state index contributed by atoms with van der Waals surface area (Å²) in [4.78, 5) is 19.6. The summed E-state index contributed by atoms with van der Waals surface area (Å²) in [5.74, 6) is 0.570. The monoisotopic (exact) mass is 380 g/mol. The van der Waals surface area contributed by atoms with E-state index in [9.17, 15) is 10.1 Å². The molecule has 0 saturated heterocycles. The largest absolute Gasteiger partial charge is 0.383 e. The predicted molar refractivity (Wildman–Crippen MR) is 113 cm³/mol. The Labute approximate surface area is 163 Å². The minimum absolute atomic E-state index is 0.0105. The first-order valence-electron chi connectivity index (χ1n) is 9.24. The van der Waals surface area contributed by atoms with Crippen molar-refractivity contribution in [2.45, 2.75) is 33.4 Å². The number of aromatic nitrogens is 2. The van der Waals surface area contributed by atoms with Crippen LogP contribution in [-0.4, -0.2) is 27.5 Å². The average molecular weight is 380 g/mol. The molecule has 0 amide bonds. The maximum Gasteiger partial charge on any atom is 0.293 e. The van der Waals surface area contributed by atoms with E-state index in [1.54, 1.807) is 6.07 Å². The molecule has 146 valence electrons. The fraction of sp³-hybridized carbons (Fsp3) is 0.300. The van der Waals surface area contributed by atoms with E-state index in [4.69, 9.17) is 0 Å². The van der Waals surface area contributed by atoms with E-state index in [0.717, 1.165) is 11.3 Å². The Morgan fingerprint density at radius 2 is 1.86 bits per heavy atom. The van der Waals surface area contributed by atoms with Gasteiger partial charge in [0.05, 0.1) is 10.4 Å². The van der Waals surface area contributed by atoms with Gasteiger partial charge in [0.25, 0.3) is 5.69 Å². The minimum Gasteiger partial charge on any atom is -0.383 e. The minimum atomic E-state index is -0.394. The van der Waals surface area contributed by atoms with Gasteiger partial charge in [-0.2, -0.15) is 0 Å². The highest BCUT2D eigenvalue weighted by Crippen LogP contribution is 2.32. The lowest BCUT2D eigenvalue weighted by atomic mass is 10.1. The number of nitro benzene ring substituents is 1. The van der Waals surface area contributed by atoms with Crippen molar-refractivity contribution in [2.75, 3.05) is 22.5 Å². The van der Waals surface area contributed by atoms with E-state index in [1.165, 1.54) is 12.4 Å². The highest BCUT2D eigenvalue weighted by Gasteiger charge is 2.17. The molecule has 0 radical (unpaired) electrons. The third-order valence-corrected chi connectivity index (χ3v) is 4.19. The Kier molecular flexibility index (Phi) is 5.88. The van der Waals surface area contributed by atoms with Gasteiger partial charge in [-0.1, -0.05) is 12.1 Å². The second kappa shape index (κ2) is 8.51. The van der Waals surface area contributed by atoms with E-state index in [1.807, 2.05) is 31.2 Å². The van der Waals surface area contributed by atoms with E-state index in [0.29, 0.717) is 41.5 Å². The molecule has 3 rings (SSSR count). The summed E-state index contributed by atoms with van der Waals surface area (Å²) in [5.41, 5.74) is 3.27. The summed E-state index contributed by atoms with van der Waals surface area (Å²) in [6.07, 6.45) is 1.46. The van der Waals surface area contributed by atoms with Crippen LogP contribution in [0.25, 0.3) is 10.9 Å². The average Bonchev–Trinajstić information content (AvgIpc) is 2.66. The number of nitrogens with one attached hydrogen (secondary N) is 3. The van der Waals surface area contributed by atoms with E-state index in [2.05, 4.69) is 39.8 Å². The highest BCUT2D eigenvalue weighted by molar-refractivity contribution is 5.94. The summed E-state index contributed by atoms with van der Waals surface area (Å²) in [7, 11) is 0. The summed E-state index contributed by atoms with van der Waals surface area (Å²) >= 11 is 0. The molecule has 8 heteroatoms. The number of benzene rings is 2. The van der Waals surface area contributed by atoms with Crippen LogP contribution in [0.3, 0.4) is 0 Å². The molecule has 8 nitrogen and oxygen atoms in total. The zero-order valence-corrected chi connectivity index (χ0v) is 16.2. The van der Waals surface area contributed by atoms with Gasteiger partial charge in [0.1, 0.15) is 17.8 Å². The molecule has 0 fully saturated rings. The first-order chi connectivity index (χ1) is 13.5. The second-order valence-electron chi connectivity index (χ2n) is 6.75. The van der Waals surface area contributed by atoms with Gasteiger partial charge >= 0.3 is 0 Å². The zero-order chi connectivity index (χ0) is 20.1. The van der Waals surface area contributed by atoms with E-state index >= 15 is 0 Å². The van der Waals surface area contributed by atoms with Gasteiger partial charge in [-0.15, -0.1) is 0 Å². The fourth-order valence-corrected chi connectivity index (χ4v) is 2.95. The van der Waals surface area contributed by atoms with E-state index < -0.39 is 4.92 Å². The van der Waals surface area contributed by atoms with Crippen LogP contribution >= 0.6 is 0 Å². The number of nitrogens with zero attached hydrogens (tertiary/aromatic N) is 3. The molecule has 0 aliphatic rings. The Hall–Kier alpha value is -3.42. The smallest absolute Gasteiger partial charge is 0.293 e. The number of anilines is 3. The normalized spacial score (nSPS) is 10.9. The topological polar surface area (TPSA) is 105 Å². The molecule has 3 aromatic rings. The van der Waals surface area contributed by atoms with Crippen LogP contribution in [0.1, 0.15) is 26.3 Å². The molecule has 0 saturated carbocycles. The fourth-order valence-electron chi connectivity index (χ4n) is 2.95.